The summed E-state index contributed by atoms with van der Waals surface area (Å²) in [5.41, 5.74) is 0.965. The van der Waals surface area contributed by atoms with Gasteiger partial charge in [0.2, 0.25) is 0 Å². The second-order valence-corrected chi connectivity index (χ2v) is 5.69. The van der Waals surface area contributed by atoms with Crippen LogP contribution in [0.1, 0.15) is 17.8 Å². The van der Waals surface area contributed by atoms with E-state index >= 15 is 0 Å². The zero-order chi connectivity index (χ0) is 12.5. The number of thiophene rings is 1. The Hall–Kier alpha value is -1.59. The van der Waals surface area contributed by atoms with E-state index in [1.54, 1.807) is 28.2 Å². The maximum absolute atomic E-state index is 5.95. The molecule has 3 aromatic rings. The van der Waals surface area contributed by atoms with Gasteiger partial charge in [-0.3, -0.25) is 0 Å². The molecule has 18 heavy (non-hydrogen) atoms. The number of hydrogen-bond acceptors (Lipinski definition) is 4. The second-order valence-electron chi connectivity index (χ2n) is 3.94. The van der Waals surface area contributed by atoms with Crippen LogP contribution < -0.4 is 5.32 Å². The first-order chi connectivity index (χ1) is 8.74. The molecule has 3 aromatic heterocycles. The lowest BCUT2D eigenvalue weighted by atomic mass is 10.2. The molecule has 0 saturated heterocycles. The smallest absolute Gasteiger partial charge is 0.152 e. The molecule has 4 nitrogen and oxygen atoms in total. The van der Waals surface area contributed by atoms with Crippen molar-refractivity contribution in [3.63, 3.8) is 0 Å². The first kappa shape index (κ1) is 11.5. The maximum Gasteiger partial charge on any atom is 0.152 e. The molecular weight excluding hydrogens is 268 g/mol. The molecule has 0 aliphatic heterocycles. The molecule has 3 rings (SSSR count). The van der Waals surface area contributed by atoms with Crippen LogP contribution in [0.4, 0.5) is 5.82 Å². The minimum atomic E-state index is 0.163. The topological polar surface area (TPSA) is 42.2 Å². The molecule has 3 heterocycles. The Morgan fingerprint density at radius 1 is 1.33 bits per heavy atom. The van der Waals surface area contributed by atoms with Crippen LogP contribution in [0.2, 0.25) is 4.34 Å². The number of halogens is 1. The Morgan fingerprint density at radius 2 is 2.22 bits per heavy atom. The zero-order valence-electron chi connectivity index (χ0n) is 9.67. The molecule has 0 aromatic carbocycles. The number of rotatable bonds is 3. The minimum absolute atomic E-state index is 0.163. The van der Waals surface area contributed by atoms with E-state index in [0.29, 0.717) is 0 Å². The van der Waals surface area contributed by atoms with Gasteiger partial charge in [-0.2, -0.15) is 5.10 Å². The summed E-state index contributed by atoms with van der Waals surface area (Å²) in [4.78, 5) is 5.53. The fourth-order valence-corrected chi connectivity index (χ4v) is 2.87. The Kier molecular flexibility index (Phi) is 2.93. The third kappa shape index (κ3) is 2.07. The van der Waals surface area contributed by atoms with Gasteiger partial charge in [0.25, 0.3) is 0 Å². The molecule has 0 spiro atoms. The molecule has 6 heteroatoms. The van der Waals surface area contributed by atoms with Crippen molar-refractivity contribution in [1.29, 1.82) is 0 Å². The number of anilines is 1. The quantitative estimate of drug-likeness (QED) is 0.796. The summed E-state index contributed by atoms with van der Waals surface area (Å²) in [6.45, 7) is 2.09. The standard InChI is InChI=1S/C12H11ClN4S/c1-8(10-2-3-11(13)18-10)16-12-9-4-5-15-17(9)7-6-14-12/h2-8H,1H3,(H,14,16). The lowest BCUT2D eigenvalue weighted by Gasteiger charge is -2.13. The summed E-state index contributed by atoms with van der Waals surface area (Å²) >= 11 is 7.52. The molecule has 0 aliphatic rings. The van der Waals surface area contributed by atoms with Gasteiger partial charge in [-0.1, -0.05) is 11.6 Å². The lowest BCUT2D eigenvalue weighted by Crippen LogP contribution is -2.07. The number of aromatic nitrogens is 3. The van der Waals surface area contributed by atoms with Gasteiger partial charge in [-0.25, -0.2) is 9.50 Å². The van der Waals surface area contributed by atoms with Gasteiger partial charge in [0.05, 0.1) is 16.6 Å². The van der Waals surface area contributed by atoms with Crippen molar-refractivity contribution >= 4 is 34.3 Å². The highest BCUT2D eigenvalue weighted by Gasteiger charge is 2.11. The van der Waals surface area contributed by atoms with Crippen LogP contribution in [0.25, 0.3) is 5.52 Å². The van der Waals surface area contributed by atoms with Crippen LogP contribution in [0.15, 0.2) is 36.8 Å². The molecule has 0 fully saturated rings. The summed E-state index contributed by atoms with van der Waals surface area (Å²) < 4.78 is 2.60. The first-order valence-corrected chi connectivity index (χ1v) is 6.73. The molecule has 1 unspecified atom stereocenters. The number of nitrogens with zero attached hydrogens (tertiary/aromatic N) is 3. The molecule has 1 atom stereocenters. The molecule has 1 N–H and O–H groups in total. The van der Waals surface area contributed by atoms with Crippen molar-refractivity contribution in [3.05, 3.63) is 46.0 Å². The maximum atomic E-state index is 5.95. The van der Waals surface area contributed by atoms with E-state index in [4.69, 9.17) is 11.6 Å². The predicted molar refractivity (Wildman–Crippen MR) is 74.4 cm³/mol. The normalized spacial score (nSPS) is 12.8. The molecule has 92 valence electrons. The number of fused-ring (bicyclic) bond motifs is 1. The highest BCUT2D eigenvalue weighted by Crippen LogP contribution is 2.29. The Balaban J connectivity index is 1.90. The highest BCUT2D eigenvalue weighted by atomic mass is 35.5. The summed E-state index contributed by atoms with van der Waals surface area (Å²) in [7, 11) is 0. The summed E-state index contributed by atoms with van der Waals surface area (Å²) in [5, 5.41) is 7.56. The van der Waals surface area contributed by atoms with Crippen molar-refractivity contribution in [2.24, 2.45) is 0 Å². The fourth-order valence-electron chi connectivity index (χ4n) is 1.81. The van der Waals surface area contributed by atoms with Crippen LogP contribution in [0.5, 0.6) is 0 Å². The van der Waals surface area contributed by atoms with Gasteiger partial charge in [-0.15, -0.1) is 11.3 Å². The molecular formula is C12H11ClN4S. The van der Waals surface area contributed by atoms with Gasteiger partial charge in [-0.05, 0) is 25.1 Å². The van der Waals surface area contributed by atoms with Crippen molar-refractivity contribution < 1.29 is 0 Å². The SMILES string of the molecule is CC(Nc1nccn2nccc12)c1ccc(Cl)s1. The minimum Gasteiger partial charge on any atom is -0.361 e. The van der Waals surface area contributed by atoms with Gasteiger partial charge >= 0.3 is 0 Å². The Morgan fingerprint density at radius 3 is 3.00 bits per heavy atom. The van der Waals surface area contributed by atoms with Gasteiger partial charge < -0.3 is 5.32 Å². The van der Waals surface area contributed by atoms with Crippen LogP contribution in [0.3, 0.4) is 0 Å². The van der Waals surface area contributed by atoms with E-state index in [0.717, 1.165) is 15.7 Å². The van der Waals surface area contributed by atoms with E-state index in [-0.39, 0.29) is 6.04 Å². The monoisotopic (exact) mass is 278 g/mol. The first-order valence-electron chi connectivity index (χ1n) is 5.54. The predicted octanol–water partition coefficient (Wildman–Crippen LogP) is 3.62. The number of hydrogen-bond donors (Lipinski definition) is 1. The van der Waals surface area contributed by atoms with Crippen LogP contribution in [-0.4, -0.2) is 14.6 Å². The summed E-state index contributed by atoms with van der Waals surface area (Å²) in [5.74, 6) is 0.826. The lowest BCUT2D eigenvalue weighted by molar-refractivity contribution is 0.884. The highest BCUT2D eigenvalue weighted by molar-refractivity contribution is 7.16. The Labute approximate surface area is 113 Å². The third-order valence-corrected chi connectivity index (χ3v) is 4.11. The van der Waals surface area contributed by atoms with E-state index in [1.165, 1.54) is 4.88 Å². The van der Waals surface area contributed by atoms with Crippen molar-refractivity contribution in [1.82, 2.24) is 14.6 Å². The van der Waals surface area contributed by atoms with Crippen LogP contribution >= 0.6 is 22.9 Å². The molecule has 0 saturated carbocycles. The van der Waals surface area contributed by atoms with E-state index in [1.807, 2.05) is 24.4 Å². The Bertz CT molecular complexity index is 675. The third-order valence-electron chi connectivity index (χ3n) is 2.70. The van der Waals surface area contributed by atoms with Crippen molar-refractivity contribution in [2.45, 2.75) is 13.0 Å². The van der Waals surface area contributed by atoms with Crippen LogP contribution in [0, 0.1) is 0 Å². The van der Waals surface area contributed by atoms with Gasteiger partial charge in [0.1, 0.15) is 5.52 Å². The summed E-state index contributed by atoms with van der Waals surface area (Å²) in [6, 6.07) is 6.04. The number of nitrogens with one attached hydrogen (secondary N) is 1. The second kappa shape index (κ2) is 4.59. The largest absolute Gasteiger partial charge is 0.361 e. The van der Waals surface area contributed by atoms with E-state index in [2.05, 4.69) is 22.3 Å². The molecule has 0 aliphatic carbocycles. The van der Waals surface area contributed by atoms with Crippen LogP contribution in [-0.2, 0) is 0 Å². The van der Waals surface area contributed by atoms with Crippen molar-refractivity contribution in [2.75, 3.05) is 5.32 Å². The van der Waals surface area contributed by atoms with E-state index in [9.17, 15) is 0 Å². The molecule has 0 bridgehead atoms. The molecule has 0 radical (unpaired) electrons. The summed E-state index contributed by atoms with van der Waals surface area (Å²) in [6.07, 6.45) is 5.32. The fraction of sp³-hybridized carbons (Fsp3) is 0.167. The van der Waals surface area contributed by atoms with Gasteiger partial charge in [0.15, 0.2) is 5.82 Å². The average Bonchev–Trinajstić information content (AvgIpc) is 2.97. The zero-order valence-corrected chi connectivity index (χ0v) is 11.2. The molecule has 0 amide bonds. The van der Waals surface area contributed by atoms with E-state index < -0.39 is 0 Å². The van der Waals surface area contributed by atoms with Gasteiger partial charge in [0, 0.05) is 17.3 Å². The van der Waals surface area contributed by atoms with Crippen molar-refractivity contribution in [3.8, 4) is 0 Å². The average molecular weight is 279 g/mol.